The zero-order valence-electron chi connectivity index (χ0n) is 12.8. The number of aromatic nitrogens is 2. The molecule has 3 heterocycles. The highest BCUT2D eigenvalue weighted by Crippen LogP contribution is 2.35. The number of nitrogens with two attached hydrogens (primary N) is 1. The molecule has 6 heteroatoms. The number of hydrogen-bond acceptors (Lipinski definition) is 6. The lowest BCUT2D eigenvalue weighted by atomic mass is 9.94. The number of aryl methyl sites for hydroxylation is 1. The Bertz CT molecular complexity index is 656. The maximum atomic E-state index is 5.91. The smallest absolute Gasteiger partial charge is 0.223 e. The fourth-order valence-electron chi connectivity index (χ4n) is 2.94. The van der Waals surface area contributed by atoms with Gasteiger partial charge in [-0.15, -0.1) is 11.3 Å². The van der Waals surface area contributed by atoms with Crippen LogP contribution in [0.3, 0.4) is 0 Å². The van der Waals surface area contributed by atoms with Crippen LogP contribution in [-0.2, 0) is 11.2 Å². The molecule has 3 rings (SSSR count). The van der Waals surface area contributed by atoms with Crippen molar-refractivity contribution in [1.82, 2.24) is 9.97 Å². The molecule has 1 atom stereocenters. The molecule has 2 N–H and O–H groups in total. The number of anilines is 2. The Morgan fingerprint density at radius 3 is 3.00 bits per heavy atom. The van der Waals surface area contributed by atoms with Crippen molar-refractivity contribution in [1.29, 1.82) is 0 Å². The Kier molecular flexibility index (Phi) is 3.75. The number of nitrogens with zero attached hydrogens (tertiary/aromatic N) is 3. The molecule has 2 aromatic heterocycles. The van der Waals surface area contributed by atoms with Crippen LogP contribution in [0.1, 0.15) is 31.6 Å². The SMILES string of the molecule is CCc1cc2c(N3CCCC(C)(OC)C3)nc(N)nc2s1. The van der Waals surface area contributed by atoms with E-state index >= 15 is 0 Å². The lowest BCUT2D eigenvalue weighted by molar-refractivity contribution is -0.00475. The predicted molar refractivity (Wildman–Crippen MR) is 88.1 cm³/mol. The van der Waals surface area contributed by atoms with Gasteiger partial charge in [0.05, 0.1) is 11.0 Å². The van der Waals surface area contributed by atoms with Gasteiger partial charge >= 0.3 is 0 Å². The molecule has 0 aliphatic carbocycles. The normalized spacial score (nSPS) is 22.9. The summed E-state index contributed by atoms with van der Waals surface area (Å²) in [6.45, 7) is 6.14. The van der Waals surface area contributed by atoms with Crippen molar-refractivity contribution in [2.24, 2.45) is 0 Å². The van der Waals surface area contributed by atoms with Crippen molar-refractivity contribution in [3.63, 3.8) is 0 Å². The zero-order chi connectivity index (χ0) is 15.0. The van der Waals surface area contributed by atoms with Crippen LogP contribution in [0.15, 0.2) is 6.07 Å². The van der Waals surface area contributed by atoms with Gasteiger partial charge in [-0.2, -0.15) is 4.98 Å². The van der Waals surface area contributed by atoms with Gasteiger partial charge in [0.2, 0.25) is 5.95 Å². The summed E-state index contributed by atoms with van der Waals surface area (Å²) in [5.41, 5.74) is 5.79. The van der Waals surface area contributed by atoms with Gasteiger partial charge in [-0.1, -0.05) is 6.92 Å². The first kappa shape index (κ1) is 14.5. The zero-order valence-corrected chi connectivity index (χ0v) is 13.7. The monoisotopic (exact) mass is 306 g/mol. The van der Waals surface area contributed by atoms with Crippen molar-refractivity contribution < 1.29 is 4.74 Å². The van der Waals surface area contributed by atoms with E-state index in [1.807, 2.05) is 0 Å². The first-order valence-corrected chi connectivity index (χ1v) is 8.22. The molecule has 0 spiro atoms. The van der Waals surface area contributed by atoms with Gasteiger partial charge in [-0.05, 0) is 32.3 Å². The Labute approximate surface area is 129 Å². The Morgan fingerprint density at radius 2 is 2.29 bits per heavy atom. The van der Waals surface area contributed by atoms with E-state index in [1.165, 1.54) is 4.88 Å². The van der Waals surface area contributed by atoms with E-state index in [4.69, 9.17) is 10.5 Å². The largest absolute Gasteiger partial charge is 0.377 e. The molecule has 2 aromatic rings. The summed E-state index contributed by atoms with van der Waals surface area (Å²) in [4.78, 5) is 13.5. The van der Waals surface area contributed by atoms with Crippen LogP contribution >= 0.6 is 11.3 Å². The van der Waals surface area contributed by atoms with Gasteiger partial charge in [0.25, 0.3) is 0 Å². The topological polar surface area (TPSA) is 64.3 Å². The Hall–Kier alpha value is -1.40. The summed E-state index contributed by atoms with van der Waals surface area (Å²) in [7, 11) is 1.78. The molecule has 0 amide bonds. The van der Waals surface area contributed by atoms with E-state index in [-0.39, 0.29) is 5.60 Å². The van der Waals surface area contributed by atoms with Crippen LogP contribution in [0.4, 0.5) is 11.8 Å². The molecular weight excluding hydrogens is 284 g/mol. The highest BCUT2D eigenvalue weighted by Gasteiger charge is 2.32. The minimum atomic E-state index is -0.117. The number of piperidine rings is 1. The molecule has 1 aliphatic heterocycles. The van der Waals surface area contributed by atoms with E-state index in [0.717, 1.165) is 48.4 Å². The number of fused-ring (bicyclic) bond motifs is 1. The van der Waals surface area contributed by atoms with Crippen molar-refractivity contribution >= 4 is 33.3 Å². The molecule has 21 heavy (non-hydrogen) atoms. The van der Waals surface area contributed by atoms with E-state index in [0.29, 0.717) is 5.95 Å². The average molecular weight is 306 g/mol. The molecule has 1 unspecified atom stereocenters. The molecule has 1 aliphatic rings. The molecule has 0 aromatic carbocycles. The van der Waals surface area contributed by atoms with Crippen LogP contribution in [0, 0.1) is 0 Å². The highest BCUT2D eigenvalue weighted by molar-refractivity contribution is 7.18. The summed E-state index contributed by atoms with van der Waals surface area (Å²) in [5.74, 6) is 1.31. The second-order valence-electron chi connectivity index (χ2n) is 5.87. The fraction of sp³-hybridized carbons (Fsp3) is 0.600. The van der Waals surface area contributed by atoms with Crippen LogP contribution < -0.4 is 10.6 Å². The average Bonchev–Trinajstić information content (AvgIpc) is 2.89. The number of thiophene rings is 1. The standard InChI is InChI=1S/C15H22N4OS/c1-4-10-8-11-12(17-14(16)18-13(11)21-10)19-7-5-6-15(2,9-19)20-3/h8H,4-7,9H2,1-3H3,(H2,16,17,18). The van der Waals surface area contributed by atoms with Gasteiger partial charge in [0.1, 0.15) is 10.6 Å². The van der Waals surface area contributed by atoms with Crippen LogP contribution in [0.25, 0.3) is 10.2 Å². The van der Waals surface area contributed by atoms with Crippen LogP contribution in [0.2, 0.25) is 0 Å². The molecule has 1 saturated heterocycles. The Balaban J connectivity index is 2.04. The molecule has 0 bridgehead atoms. The van der Waals surface area contributed by atoms with Crippen molar-refractivity contribution in [2.75, 3.05) is 30.8 Å². The summed E-state index contributed by atoms with van der Waals surface area (Å²) >= 11 is 1.71. The predicted octanol–water partition coefficient (Wildman–Crippen LogP) is 2.84. The molecular formula is C15H22N4OS. The van der Waals surface area contributed by atoms with Gasteiger partial charge in [0.15, 0.2) is 0 Å². The van der Waals surface area contributed by atoms with Gasteiger partial charge in [0, 0.05) is 25.1 Å². The molecule has 114 valence electrons. The van der Waals surface area contributed by atoms with Crippen LogP contribution in [0.5, 0.6) is 0 Å². The highest BCUT2D eigenvalue weighted by atomic mass is 32.1. The molecule has 0 radical (unpaired) electrons. The van der Waals surface area contributed by atoms with Crippen LogP contribution in [-0.4, -0.2) is 35.8 Å². The number of rotatable bonds is 3. The minimum Gasteiger partial charge on any atom is -0.377 e. The van der Waals surface area contributed by atoms with E-state index in [1.54, 1.807) is 18.4 Å². The summed E-state index contributed by atoms with van der Waals surface area (Å²) in [5, 5.41) is 1.12. The first-order valence-electron chi connectivity index (χ1n) is 7.40. The Morgan fingerprint density at radius 1 is 1.48 bits per heavy atom. The second-order valence-corrected chi connectivity index (χ2v) is 6.98. The molecule has 0 saturated carbocycles. The third kappa shape index (κ3) is 2.70. The third-order valence-corrected chi connectivity index (χ3v) is 5.41. The number of nitrogen functional groups attached to an aromatic ring is 1. The molecule has 5 nitrogen and oxygen atoms in total. The van der Waals surface area contributed by atoms with Gasteiger partial charge in [-0.3, -0.25) is 0 Å². The lowest BCUT2D eigenvalue weighted by Crippen LogP contribution is -2.47. The van der Waals surface area contributed by atoms with E-state index in [9.17, 15) is 0 Å². The maximum Gasteiger partial charge on any atom is 0.223 e. The molecule has 1 fully saturated rings. The summed E-state index contributed by atoms with van der Waals surface area (Å²) in [6, 6.07) is 2.20. The third-order valence-electron chi connectivity index (χ3n) is 4.24. The van der Waals surface area contributed by atoms with Gasteiger partial charge in [-0.25, -0.2) is 4.98 Å². The number of methoxy groups -OCH3 is 1. The minimum absolute atomic E-state index is 0.117. The summed E-state index contributed by atoms with van der Waals surface area (Å²) in [6.07, 6.45) is 3.18. The second kappa shape index (κ2) is 5.42. The van der Waals surface area contributed by atoms with Crippen molar-refractivity contribution in [2.45, 2.75) is 38.7 Å². The number of ether oxygens (including phenoxy) is 1. The van der Waals surface area contributed by atoms with E-state index < -0.39 is 0 Å². The quantitative estimate of drug-likeness (QED) is 0.944. The van der Waals surface area contributed by atoms with Crippen molar-refractivity contribution in [3.05, 3.63) is 10.9 Å². The van der Waals surface area contributed by atoms with Gasteiger partial charge < -0.3 is 15.4 Å². The van der Waals surface area contributed by atoms with Crippen molar-refractivity contribution in [3.8, 4) is 0 Å². The lowest BCUT2D eigenvalue weighted by Gasteiger charge is -2.40. The van der Waals surface area contributed by atoms with E-state index in [2.05, 4.69) is 34.8 Å². The number of hydrogen-bond donors (Lipinski definition) is 1. The maximum absolute atomic E-state index is 5.91. The summed E-state index contributed by atoms with van der Waals surface area (Å²) < 4.78 is 5.69. The first-order chi connectivity index (χ1) is 10.0. The fourth-order valence-corrected chi connectivity index (χ4v) is 3.91.